The SMILES string of the molecule is CC(=O)c1ccc(S(=O)(=O)N2CCCC2c2cccs2)cc1. The Kier molecular flexibility index (Phi) is 4.16. The molecule has 1 unspecified atom stereocenters. The van der Waals surface area contributed by atoms with Gasteiger partial charge in [-0.15, -0.1) is 11.3 Å². The highest BCUT2D eigenvalue weighted by Gasteiger charge is 2.36. The van der Waals surface area contributed by atoms with Gasteiger partial charge in [0, 0.05) is 17.0 Å². The van der Waals surface area contributed by atoms with Crippen LogP contribution < -0.4 is 0 Å². The van der Waals surface area contributed by atoms with Crippen molar-refractivity contribution in [3.05, 3.63) is 52.2 Å². The van der Waals surface area contributed by atoms with Crippen molar-refractivity contribution in [1.29, 1.82) is 0 Å². The number of sulfonamides is 1. The van der Waals surface area contributed by atoms with Crippen LogP contribution in [0.4, 0.5) is 0 Å². The Morgan fingerprint density at radius 2 is 1.95 bits per heavy atom. The molecule has 6 heteroatoms. The van der Waals surface area contributed by atoms with Gasteiger partial charge in [0.25, 0.3) is 0 Å². The largest absolute Gasteiger partial charge is 0.295 e. The maximum atomic E-state index is 12.9. The molecule has 3 rings (SSSR count). The first kappa shape index (κ1) is 15.4. The Balaban J connectivity index is 1.93. The van der Waals surface area contributed by atoms with Gasteiger partial charge in [0.15, 0.2) is 5.78 Å². The number of benzene rings is 1. The quantitative estimate of drug-likeness (QED) is 0.804. The Morgan fingerprint density at radius 3 is 2.55 bits per heavy atom. The summed E-state index contributed by atoms with van der Waals surface area (Å²) < 4.78 is 27.3. The van der Waals surface area contributed by atoms with E-state index in [0.717, 1.165) is 17.7 Å². The predicted octanol–water partition coefficient (Wildman–Crippen LogP) is 3.48. The molecule has 4 nitrogen and oxygen atoms in total. The Labute approximate surface area is 134 Å². The molecule has 2 heterocycles. The van der Waals surface area contributed by atoms with Gasteiger partial charge in [-0.25, -0.2) is 8.42 Å². The topological polar surface area (TPSA) is 54.5 Å². The van der Waals surface area contributed by atoms with E-state index in [4.69, 9.17) is 0 Å². The van der Waals surface area contributed by atoms with Crippen LogP contribution in [0.3, 0.4) is 0 Å². The van der Waals surface area contributed by atoms with E-state index >= 15 is 0 Å². The zero-order chi connectivity index (χ0) is 15.7. The third-order valence-corrected chi connectivity index (χ3v) is 6.84. The summed E-state index contributed by atoms with van der Waals surface area (Å²) in [5.41, 5.74) is 0.523. The summed E-state index contributed by atoms with van der Waals surface area (Å²) in [6.07, 6.45) is 1.72. The summed E-state index contributed by atoms with van der Waals surface area (Å²) in [5.74, 6) is -0.0680. The average molecular weight is 335 g/mol. The number of Topliss-reactive ketones (excluding diaryl/α,β-unsaturated/α-hetero) is 1. The number of rotatable bonds is 4. The number of thiophene rings is 1. The highest BCUT2D eigenvalue weighted by atomic mass is 32.2. The van der Waals surface area contributed by atoms with E-state index in [1.807, 2.05) is 17.5 Å². The Morgan fingerprint density at radius 1 is 1.23 bits per heavy atom. The van der Waals surface area contributed by atoms with Crippen LogP contribution >= 0.6 is 11.3 Å². The molecular formula is C16H17NO3S2. The molecule has 1 saturated heterocycles. The molecule has 1 aromatic carbocycles. The zero-order valence-corrected chi connectivity index (χ0v) is 13.9. The van der Waals surface area contributed by atoms with Crippen molar-refractivity contribution in [3.8, 4) is 0 Å². The summed E-state index contributed by atoms with van der Waals surface area (Å²) in [7, 11) is -3.53. The van der Waals surface area contributed by atoms with Crippen molar-refractivity contribution in [2.24, 2.45) is 0 Å². The molecule has 0 amide bonds. The number of carbonyl (C=O) groups is 1. The molecule has 0 saturated carbocycles. The molecule has 0 spiro atoms. The minimum absolute atomic E-state index is 0.0680. The summed E-state index contributed by atoms with van der Waals surface area (Å²) in [6.45, 7) is 2.01. The van der Waals surface area contributed by atoms with Crippen molar-refractivity contribution >= 4 is 27.1 Å². The predicted molar refractivity (Wildman–Crippen MR) is 86.6 cm³/mol. The maximum absolute atomic E-state index is 12.9. The average Bonchev–Trinajstić information content (AvgIpc) is 3.18. The zero-order valence-electron chi connectivity index (χ0n) is 12.2. The Bertz CT molecular complexity index is 764. The van der Waals surface area contributed by atoms with Gasteiger partial charge >= 0.3 is 0 Å². The van der Waals surface area contributed by atoms with Crippen LogP contribution in [-0.4, -0.2) is 25.1 Å². The highest BCUT2D eigenvalue weighted by Crippen LogP contribution is 2.38. The molecule has 0 radical (unpaired) electrons. The molecule has 1 fully saturated rings. The lowest BCUT2D eigenvalue weighted by Crippen LogP contribution is -2.30. The lowest BCUT2D eigenvalue weighted by atomic mass is 10.2. The molecule has 2 aromatic rings. The van der Waals surface area contributed by atoms with E-state index in [9.17, 15) is 13.2 Å². The van der Waals surface area contributed by atoms with Crippen molar-refractivity contribution in [2.75, 3.05) is 6.54 Å². The summed E-state index contributed by atoms with van der Waals surface area (Å²) >= 11 is 1.59. The van der Waals surface area contributed by atoms with Crippen LogP contribution in [-0.2, 0) is 10.0 Å². The smallest absolute Gasteiger partial charge is 0.243 e. The standard InChI is InChI=1S/C16H17NO3S2/c1-12(18)13-6-8-14(9-7-13)22(19,20)17-10-2-4-15(17)16-5-3-11-21-16/h3,5-9,11,15H,2,4,10H2,1H3. The third kappa shape index (κ3) is 2.74. The van der Waals surface area contributed by atoms with Gasteiger partial charge in [0.05, 0.1) is 10.9 Å². The highest BCUT2D eigenvalue weighted by molar-refractivity contribution is 7.89. The molecule has 0 N–H and O–H groups in total. The first-order valence-electron chi connectivity index (χ1n) is 7.16. The summed E-state index contributed by atoms with van der Waals surface area (Å²) in [4.78, 5) is 12.6. The molecule has 22 heavy (non-hydrogen) atoms. The molecule has 1 atom stereocenters. The third-order valence-electron chi connectivity index (χ3n) is 3.94. The number of nitrogens with zero attached hydrogens (tertiary/aromatic N) is 1. The van der Waals surface area contributed by atoms with E-state index < -0.39 is 10.0 Å². The van der Waals surface area contributed by atoms with Crippen molar-refractivity contribution in [3.63, 3.8) is 0 Å². The van der Waals surface area contributed by atoms with E-state index in [1.165, 1.54) is 19.1 Å². The van der Waals surface area contributed by atoms with Gasteiger partial charge in [0.2, 0.25) is 10.0 Å². The Hall–Kier alpha value is -1.50. The van der Waals surface area contributed by atoms with Crippen molar-refractivity contribution < 1.29 is 13.2 Å². The lowest BCUT2D eigenvalue weighted by molar-refractivity contribution is 0.101. The first-order chi connectivity index (χ1) is 10.5. The fourth-order valence-corrected chi connectivity index (χ4v) is 5.40. The number of carbonyl (C=O) groups excluding carboxylic acids is 1. The molecule has 1 aliphatic heterocycles. The second kappa shape index (κ2) is 5.95. The van der Waals surface area contributed by atoms with Gasteiger partial charge in [-0.05, 0) is 43.3 Å². The minimum atomic E-state index is -3.53. The van der Waals surface area contributed by atoms with Crippen molar-refractivity contribution in [1.82, 2.24) is 4.31 Å². The van der Waals surface area contributed by atoms with Gasteiger partial charge in [-0.3, -0.25) is 4.79 Å². The molecular weight excluding hydrogens is 318 g/mol. The lowest BCUT2D eigenvalue weighted by Gasteiger charge is -2.23. The first-order valence-corrected chi connectivity index (χ1v) is 9.48. The normalized spacial score (nSPS) is 19.4. The van der Waals surface area contributed by atoms with Gasteiger partial charge in [-0.2, -0.15) is 4.31 Å². The van der Waals surface area contributed by atoms with Crippen LogP contribution in [0.2, 0.25) is 0 Å². The van der Waals surface area contributed by atoms with Gasteiger partial charge in [0.1, 0.15) is 0 Å². The number of hydrogen-bond donors (Lipinski definition) is 0. The van der Waals surface area contributed by atoms with Crippen LogP contribution in [0.15, 0.2) is 46.7 Å². The minimum Gasteiger partial charge on any atom is -0.295 e. The molecule has 1 aromatic heterocycles. The van der Waals surface area contributed by atoms with Crippen molar-refractivity contribution in [2.45, 2.75) is 30.7 Å². The van der Waals surface area contributed by atoms with Gasteiger partial charge in [-0.1, -0.05) is 18.2 Å². The van der Waals surface area contributed by atoms with E-state index in [1.54, 1.807) is 27.8 Å². The summed E-state index contributed by atoms with van der Waals surface area (Å²) in [5, 5.41) is 1.97. The molecule has 0 bridgehead atoms. The summed E-state index contributed by atoms with van der Waals surface area (Å²) in [6, 6.07) is 10.1. The van der Waals surface area contributed by atoms with Gasteiger partial charge < -0.3 is 0 Å². The second-order valence-electron chi connectivity index (χ2n) is 5.37. The maximum Gasteiger partial charge on any atom is 0.243 e. The van der Waals surface area contributed by atoms with Crippen LogP contribution in [0.25, 0.3) is 0 Å². The van der Waals surface area contributed by atoms with Crippen LogP contribution in [0.1, 0.15) is 41.0 Å². The molecule has 1 aliphatic rings. The number of ketones is 1. The molecule has 0 aliphatic carbocycles. The second-order valence-corrected chi connectivity index (χ2v) is 8.24. The van der Waals surface area contributed by atoms with E-state index in [-0.39, 0.29) is 16.7 Å². The van der Waals surface area contributed by atoms with Crippen LogP contribution in [0.5, 0.6) is 0 Å². The monoisotopic (exact) mass is 335 g/mol. The fourth-order valence-electron chi connectivity index (χ4n) is 2.79. The fraction of sp³-hybridized carbons (Fsp3) is 0.312. The van der Waals surface area contributed by atoms with E-state index in [2.05, 4.69) is 0 Å². The number of hydrogen-bond acceptors (Lipinski definition) is 4. The van der Waals surface area contributed by atoms with E-state index in [0.29, 0.717) is 12.1 Å². The van der Waals surface area contributed by atoms with Crippen LogP contribution in [0, 0.1) is 0 Å². The molecule has 116 valence electrons.